The van der Waals surface area contributed by atoms with Gasteiger partial charge in [0.25, 0.3) is 10.2 Å². The summed E-state index contributed by atoms with van der Waals surface area (Å²) in [6.07, 6.45) is 5.09. The van der Waals surface area contributed by atoms with Crippen LogP contribution in [0.1, 0.15) is 24.5 Å². The third-order valence-corrected chi connectivity index (χ3v) is 6.11. The molecule has 2 aromatic heterocycles. The van der Waals surface area contributed by atoms with Crippen molar-refractivity contribution in [3.8, 4) is 5.75 Å². The van der Waals surface area contributed by atoms with Crippen LogP contribution in [0.4, 0.5) is 0 Å². The van der Waals surface area contributed by atoms with Gasteiger partial charge in [0.05, 0.1) is 24.1 Å². The highest BCUT2D eigenvalue weighted by atomic mass is 32.2. The summed E-state index contributed by atoms with van der Waals surface area (Å²) in [7, 11) is -0.388. The standard InChI is InChI=1S/C15H21N5O3S/c1-12-15-17-9-13(11-23-14-5-4-6-16-10-14)19(15)7-8-20(12)24(21,22)18(2)3/h4-6,9-10,12H,7-8,11H2,1-3H3/t12-/m0/s1. The molecule has 0 unspecified atom stereocenters. The molecule has 0 bridgehead atoms. The zero-order valence-electron chi connectivity index (χ0n) is 14.0. The molecule has 0 fully saturated rings. The Morgan fingerprint density at radius 2 is 2.12 bits per heavy atom. The van der Waals surface area contributed by atoms with E-state index in [-0.39, 0.29) is 6.04 Å². The quantitative estimate of drug-likeness (QED) is 0.804. The average Bonchev–Trinajstić information content (AvgIpc) is 2.98. The van der Waals surface area contributed by atoms with Gasteiger partial charge in [-0.15, -0.1) is 0 Å². The molecule has 9 heteroatoms. The second kappa shape index (κ2) is 6.50. The first-order valence-corrected chi connectivity index (χ1v) is 9.07. The van der Waals surface area contributed by atoms with Crippen molar-refractivity contribution in [3.05, 3.63) is 42.2 Å². The van der Waals surface area contributed by atoms with Crippen molar-refractivity contribution in [2.75, 3.05) is 20.6 Å². The predicted octanol–water partition coefficient (Wildman–Crippen LogP) is 1.04. The van der Waals surface area contributed by atoms with Crippen molar-refractivity contribution < 1.29 is 13.2 Å². The predicted molar refractivity (Wildman–Crippen MR) is 88.5 cm³/mol. The maximum atomic E-state index is 12.4. The summed E-state index contributed by atoms with van der Waals surface area (Å²) in [4.78, 5) is 8.43. The monoisotopic (exact) mass is 351 g/mol. The van der Waals surface area contributed by atoms with Gasteiger partial charge in [-0.2, -0.15) is 17.0 Å². The van der Waals surface area contributed by atoms with E-state index in [1.807, 2.05) is 23.6 Å². The maximum Gasteiger partial charge on any atom is 0.282 e. The minimum absolute atomic E-state index is 0.321. The summed E-state index contributed by atoms with van der Waals surface area (Å²) < 4.78 is 35.3. The van der Waals surface area contributed by atoms with E-state index in [0.717, 1.165) is 11.5 Å². The summed E-state index contributed by atoms with van der Waals surface area (Å²) in [5.74, 6) is 1.42. The van der Waals surface area contributed by atoms with E-state index in [2.05, 4.69) is 9.97 Å². The Morgan fingerprint density at radius 3 is 2.79 bits per heavy atom. The number of hydrogen-bond donors (Lipinski definition) is 0. The van der Waals surface area contributed by atoms with Crippen LogP contribution < -0.4 is 4.74 Å². The Kier molecular flexibility index (Phi) is 4.57. The topological polar surface area (TPSA) is 80.6 Å². The van der Waals surface area contributed by atoms with E-state index >= 15 is 0 Å². The Hall–Kier alpha value is -1.97. The Morgan fingerprint density at radius 1 is 1.33 bits per heavy atom. The third kappa shape index (κ3) is 3.02. The van der Waals surface area contributed by atoms with Gasteiger partial charge in [-0.25, -0.2) is 4.98 Å². The molecular weight excluding hydrogens is 330 g/mol. The smallest absolute Gasteiger partial charge is 0.282 e. The molecule has 0 spiro atoms. The molecule has 0 aliphatic carbocycles. The molecular formula is C15H21N5O3S. The number of imidazole rings is 1. The lowest BCUT2D eigenvalue weighted by molar-refractivity contribution is 0.246. The average molecular weight is 351 g/mol. The van der Waals surface area contributed by atoms with Crippen LogP contribution in [-0.4, -0.2) is 52.2 Å². The summed E-state index contributed by atoms with van der Waals surface area (Å²) in [6, 6.07) is 3.33. The lowest BCUT2D eigenvalue weighted by Gasteiger charge is -2.34. The molecule has 1 aliphatic rings. The van der Waals surface area contributed by atoms with Crippen molar-refractivity contribution in [2.45, 2.75) is 26.1 Å². The summed E-state index contributed by atoms with van der Waals surface area (Å²) in [5.41, 5.74) is 0.919. The van der Waals surface area contributed by atoms with Crippen LogP contribution in [0.15, 0.2) is 30.7 Å². The van der Waals surface area contributed by atoms with Gasteiger partial charge in [0.1, 0.15) is 18.2 Å². The molecule has 0 saturated carbocycles. The van der Waals surface area contributed by atoms with E-state index in [9.17, 15) is 8.42 Å². The van der Waals surface area contributed by atoms with Crippen LogP contribution in [0.5, 0.6) is 5.75 Å². The minimum Gasteiger partial charge on any atom is -0.486 e. The van der Waals surface area contributed by atoms with E-state index in [1.165, 1.54) is 22.7 Å². The zero-order chi connectivity index (χ0) is 17.3. The SMILES string of the molecule is C[C@H]1c2ncc(COc3cccnc3)n2CCN1S(=O)(=O)N(C)C. The highest BCUT2D eigenvalue weighted by molar-refractivity contribution is 7.86. The van der Waals surface area contributed by atoms with Gasteiger partial charge in [-0.05, 0) is 19.1 Å². The number of hydrogen-bond acceptors (Lipinski definition) is 5. The molecule has 8 nitrogen and oxygen atoms in total. The van der Waals surface area contributed by atoms with Gasteiger partial charge >= 0.3 is 0 Å². The lowest BCUT2D eigenvalue weighted by Crippen LogP contribution is -2.46. The van der Waals surface area contributed by atoms with Crippen molar-refractivity contribution in [1.82, 2.24) is 23.1 Å². The van der Waals surface area contributed by atoms with Crippen molar-refractivity contribution in [1.29, 1.82) is 0 Å². The fourth-order valence-electron chi connectivity index (χ4n) is 2.77. The molecule has 1 atom stereocenters. The first-order chi connectivity index (χ1) is 11.4. The fourth-order valence-corrected chi connectivity index (χ4v) is 4.00. The number of ether oxygens (including phenoxy) is 1. The number of rotatable bonds is 5. The van der Waals surface area contributed by atoms with Crippen LogP contribution in [0.2, 0.25) is 0 Å². The van der Waals surface area contributed by atoms with E-state index in [4.69, 9.17) is 4.74 Å². The van der Waals surface area contributed by atoms with E-state index in [0.29, 0.717) is 25.4 Å². The van der Waals surface area contributed by atoms with Crippen molar-refractivity contribution >= 4 is 10.2 Å². The van der Waals surface area contributed by atoms with Gasteiger partial charge in [-0.1, -0.05) is 0 Å². The Bertz CT molecular complexity index is 804. The van der Waals surface area contributed by atoms with Crippen LogP contribution in [-0.2, 0) is 23.4 Å². The largest absolute Gasteiger partial charge is 0.486 e. The van der Waals surface area contributed by atoms with Gasteiger partial charge in [-0.3, -0.25) is 4.98 Å². The number of pyridine rings is 1. The first-order valence-electron chi connectivity index (χ1n) is 7.67. The molecule has 0 N–H and O–H groups in total. The molecule has 1 aliphatic heterocycles. The third-order valence-electron chi connectivity index (χ3n) is 4.10. The normalized spacial score (nSPS) is 18.6. The first kappa shape index (κ1) is 16.9. The van der Waals surface area contributed by atoms with Crippen molar-refractivity contribution in [3.63, 3.8) is 0 Å². The second-order valence-electron chi connectivity index (χ2n) is 5.81. The van der Waals surface area contributed by atoms with Gasteiger partial charge in [0, 0.05) is 33.4 Å². The molecule has 3 heterocycles. The van der Waals surface area contributed by atoms with Crippen LogP contribution in [0, 0.1) is 0 Å². The van der Waals surface area contributed by atoms with Crippen LogP contribution in [0.3, 0.4) is 0 Å². The van der Waals surface area contributed by atoms with Crippen LogP contribution >= 0.6 is 0 Å². The maximum absolute atomic E-state index is 12.4. The molecule has 0 amide bonds. The fraction of sp³-hybridized carbons (Fsp3) is 0.467. The number of aromatic nitrogens is 3. The lowest BCUT2D eigenvalue weighted by atomic mass is 10.2. The molecule has 0 aromatic carbocycles. The highest BCUT2D eigenvalue weighted by Gasteiger charge is 2.36. The highest BCUT2D eigenvalue weighted by Crippen LogP contribution is 2.28. The van der Waals surface area contributed by atoms with E-state index in [1.54, 1.807) is 18.6 Å². The van der Waals surface area contributed by atoms with Crippen molar-refractivity contribution in [2.24, 2.45) is 0 Å². The molecule has 2 aromatic rings. The molecule has 24 heavy (non-hydrogen) atoms. The van der Waals surface area contributed by atoms with Gasteiger partial charge < -0.3 is 9.30 Å². The Balaban J connectivity index is 1.78. The number of fused-ring (bicyclic) bond motifs is 1. The number of nitrogens with zero attached hydrogens (tertiary/aromatic N) is 5. The summed E-state index contributed by atoms with van der Waals surface area (Å²) in [6.45, 7) is 3.18. The Labute approximate surface area is 141 Å². The molecule has 130 valence electrons. The van der Waals surface area contributed by atoms with Gasteiger partial charge in [0.15, 0.2) is 0 Å². The summed E-state index contributed by atoms with van der Waals surface area (Å²) >= 11 is 0. The van der Waals surface area contributed by atoms with E-state index < -0.39 is 10.2 Å². The minimum atomic E-state index is -3.46. The second-order valence-corrected chi connectivity index (χ2v) is 7.91. The van der Waals surface area contributed by atoms with Crippen LogP contribution in [0.25, 0.3) is 0 Å². The molecule has 0 radical (unpaired) electrons. The summed E-state index contributed by atoms with van der Waals surface area (Å²) in [5, 5.41) is 0. The molecule has 3 rings (SSSR count). The zero-order valence-corrected chi connectivity index (χ0v) is 14.8. The molecule has 0 saturated heterocycles. The van der Waals surface area contributed by atoms with Gasteiger partial charge in [0.2, 0.25) is 0 Å².